The summed E-state index contributed by atoms with van der Waals surface area (Å²) in [5.41, 5.74) is 4.17. The molecule has 0 aromatic heterocycles. The van der Waals surface area contributed by atoms with E-state index < -0.39 is 0 Å². The molecular formula is C33H41ClO2. The van der Waals surface area contributed by atoms with Crippen LogP contribution in [0, 0.1) is 0 Å². The summed E-state index contributed by atoms with van der Waals surface area (Å²) in [6.07, 6.45) is 17.7. The van der Waals surface area contributed by atoms with Crippen molar-refractivity contribution in [2.75, 3.05) is 0 Å². The van der Waals surface area contributed by atoms with Crippen molar-refractivity contribution in [3.63, 3.8) is 0 Å². The van der Waals surface area contributed by atoms with Crippen molar-refractivity contribution in [1.82, 2.24) is 0 Å². The summed E-state index contributed by atoms with van der Waals surface area (Å²) in [5.74, 6) is 0.110. The lowest BCUT2D eigenvalue weighted by atomic mass is 10.00. The monoisotopic (exact) mass is 504 g/mol. The molecule has 0 saturated carbocycles. The van der Waals surface area contributed by atoms with Crippen LogP contribution in [0.5, 0.6) is 5.75 Å². The lowest BCUT2D eigenvalue weighted by molar-refractivity contribution is 0.0735. The predicted octanol–water partition coefficient (Wildman–Crippen LogP) is 10.5. The molecule has 0 aliphatic carbocycles. The summed E-state index contributed by atoms with van der Waals surface area (Å²) >= 11 is 5.88. The van der Waals surface area contributed by atoms with Crippen LogP contribution >= 0.6 is 11.6 Å². The Bertz CT molecular complexity index is 1010. The van der Waals surface area contributed by atoms with E-state index in [1.54, 1.807) is 24.3 Å². The lowest BCUT2D eigenvalue weighted by Crippen LogP contribution is -2.08. The van der Waals surface area contributed by atoms with Crippen molar-refractivity contribution in [1.29, 1.82) is 0 Å². The summed E-state index contributed by atoms with van der Waals surface area (Å²) in [5, 5.41) is 0.610. The van der Waals surface area contributed by atoms with Crippen LogP contribution in [0.1, 0.15) is 99.9 Å². The number of esters is 1. The summed E-state index contributed by atoms with van der Waals surface area (Å²) in [6, 6.07) is 23.2. The topological polar surface area (TPSA) is 26.3 Å². The van der Waals surface area contributed by atoms with Crippen molar-refractivity contribution in [2.45, 2.75) is 90.4 Å². The number of carbonyl (C=O) groups excluding carboxylic acids is 1. The van der Waals surface area contributed by atoms with Crippen LogP contribution in [0.4, 0.5) is 0 Å². The molecule has 3 heteroatoms. The first kappa shape index (κ1) is 28.0. The Morgan fingerprint density at radius 2 is 1.08 bits per heavy atom. The molecule has 0 aliphatic rings. The number of aryl methyl sites for hydroxylation is 1. The first-order valence-electron chi connectivity index (χ1n) is 13.8. The van der Waals surface area contributed by atoms with E-state index in [0.29, 0.717) is 16.3 Å². The smallest absolute Gasteiger partial charge is 0.343 e. The molecule has 36 heavy (non-hydrogen) atoms. The maximum Gasteiger partial charge on any atom is 0.343 e. The summed E-state index contributed by atoms with van der Waals surface area (Å²) in [7, 11) is 0. The van der Waals surface area contributed by atoms with Gasteiger partial charge in [0.1, 0.15) is 5.75 Å². The van der Waals surface area contributed by atoms with Crippen molar-refractivity contribution < 1.29 is 9.53 Å². The fourth-order valence-corrected chi connectivity index (χ4v) is 4.63. The molecule has 0 amide bonds. The molecule has 0 bridgehead atoms. The van der Waals surface area contributed by atoms with E-state index in [1.807, 2.05) is 24.3 Å². The van der Waals surface area contributed by atoms with Crippen molar-refractivity contribution in [3.8, 4) is 16.9 Å². The molecule has 0 heterocycles. The molecule has 192 valence electrons. The molecule has 3 aromatic carbocycles. The minimum atomic E-state index is -0.373. The van der Waals surface area contributed by atoms with Gasteiger partial charge in [-0.15, -0.1) is 0 Å². The maximum absolute atomic E-state index is 12.4. The molecule has 0 N–H and O–H groups in total. The van der Waals surface area contributed by atoms with E-state index in [2.05, 4.69) is 31.2 Å². The van der Waals surface area contributed by atoms with Crippen molar-refractivity contribution in [3.05, 3.63) is 88.9 Å². The van der Waals surface area contributed by atoms with E-state index in [1.165, 1.54) is 82.6 Å². The highest BCUT2D eigenvalue weighted by molar-refractivity contribution is 6.30. The molecule has 0 spiro atoms. The molecule has 3 aromatic rings. The number of hydrogen-bond donors (Lipinski definition) is 0. The molecule has 0 radical (unpaired) electrons. The maximum atomic E-state index is 12.4. The molecule has 0 unspecified atom stereocenters. The number of rotatable bonds is 16. The molecule has 0 atom stereocenters. The van der Waals surface area contributed by atoms with E-state index in [0.717, 1.165) is 17.5 Å². The Morgan fingerprint density at radius 3 is 1.61 bits per heavy atom. The Morgan fingerprint density at radius 1 is 0.611 bits per heavy atom. The Labute approximate surface area is 223 Å². The van der Waals surface area contributed by atoms with Gasteiger partial charge in [-0.1, -0.05) is 126 Å². The van der Waals surface area contributed by atoms with Crippen molar-refractivity contribution >= 4 is 17.6 Å². The largest absolute Gasteiger partial charge is 0.423 e. The van der Waals surface area contributed by atoms with Crippen molar-refractivity contribution in [2.24, 2.45) is 0 Å². The van der Waals surface area contributed by atoms with Crippen LogP contribution in [-0.4, -0.2) is 5.97 Å². The average Bonchev–Trinajstić information content (AvgIpc) is 2.91. The minimum absolute atomic E-state index is 0.373. The van der Waals surface area contributed by atoms with E-state index >= 15 is 0 Å². The highest BCUT2D eigenvalue weighted by atomic mass is 35.5. The molecular weight excluding hydrogens is 464 g/mol. The van der Waals surface area contributed by atoms with Gasteiger partial charge < -0.3 is 4.74 Å². The van der Waals surface area contributed by atoms with E-state index in [9.17, 15) is 4.79 Å². The zero-order valence-electron chi connectivity index (χ0n) is 21.8. The quantitative estimate of drug-likeness (QED) is 0.110. The summed E-state index contributed by atoms with van der Waals surface area (Å²) in [6.45, 7) is 2.28. The van der Waals surface area contributed by atoms with E-state index in [4.69, 9.17) is 16.3 Å². The standard InChI is InChI=1S/C33H41ClO2/c1-2-3-4-5-6-7-8-9-10-11-12-13-14-27-15-17-28(18-16-27)29-19-21-30(22-20-29)33(35)36-32-25-23-31(34)24-26-32/h15-26H,2-14H2,1H3. The van der Waals surface area contributed by atoms with Crippen LogP contribution in [-0.2, 0) is 6.42 Å². The predicted molar refractivity (Wildman–Crippen MR) is 153 cm³/mol. The third-order valence-corrected chi connectivity index (χ3v) is 7.00. The van der Waals surface area contributed by atoms with Gasteiger partial charge in [-0.25, -0.2) is 4.79 Å². The third kappa shape index (κ3) is 10.2. The molecule has 0 aliphatic heterocycles. The molecule has 0 saturated heterocycles. The minimum Gasteiger partial charge on any atom is -0.423 e. The highest BCUT2D eigenvalue weighted by Gasteiger charge is 2.09. The summed E-state index contributed by atoms with van der Waals surface area (Å²) < 4.78 is 5.41. The number of unbranched alkanes of at least 4 members (excludes halogenated alkanes) is 11. The fourth-order valence-electron chi connectivity index (χ4n) is 4.50. The van der Waals surface area contributed by atoms with Crippen LogP contribution in [0.2, 0.25) is 5.02 Å². The van der Waals surface area contributed by atoms with Gasteiger partial charge in [0.2, 0.25) is 0 Å². The zero-order valence-corrected chi connectivity index (χ0v) is 22.6. The SMILES string of the molecule is CCCCCCCCCCCCCCc1ccc(-c2ccc(C(=O)Oc3ccc(Cl)cc3)cc2)cc1. The Balaban J connectivity index is 1.32. The third-order valence-electron chi connectivity index (χ3n) is 6.75. The normalized spacial score (nSPS) is 10.9. The first-order chi connectivity index (χ1) is 17.7. The lowest BCUT2D eigenvalue weighted by Gasteiger charge is -2.07. The van der Waals surface area contributed by atoms with Crippen LogP contribution < -0.4 is 4.74 Å². The summed E-state index contributed by atoms with van der Waals surface area (Å²) in [4.78, 5) is 12.4. The van der Waals surface area contributed by atoms with Gasteiger partial charge in [-0.05, 0) is 65.9 Å². The second-order valence-electron chi connectivity index (χ2n) is 9.76. The molecule has 0 fully saturated rings. The van der Waals surface area contributed by atoms with Gasteiger partial charge in [0.25, 0.3) is 0 Å². The second-order valence-corrected chi connectivity index (χ2v) is 10.2. The van der Waals surface area contributed by atoms with Gasteiger partial charge in [0.15, 0.2) is 0 Å². The second kappa shape index (κ2) is 16.2. The number of halogens is 1. The number of hydrogen-bond acceptors (Lipinski definition) is 2. The van der Waals surface area contributed by atoms with Crippen LogP contribution in [0.15, 0.2) is 72.8 Å². The number of carbonyl (C=O) groups is 1. The first-order valence-corrected chi connectivity index (χ1v) is 14.2. The number of benzene rings is 3. The van der Waals surface area contributed by atoms with Gasteiger partial charge in [0, 0.05) is 5.02 Å². The average molecular weight is 505 g/mol. The van der Waals surface area contributed by atoms with Crippen LogP contribution in [0.25, 0.3) is 11.1 Å². The highest BCUT2D eigenvalue weighted by Crippen LogP contribution is 2.23. The van der Waals surface area contributed by atoms with E-state index in [-0.39, 0.29) is 5.97 Å². The van der Waals surface area contributed by atoms with Gasteiger partial charge in [-0.2, -0.15) is 0 Å². The van der Waals surface area contributed by atoms with Crippen LogP contribution in [0.3, 0.4) is 0 Å². The number of ether oxygens (including phenoxy) is 1. The van der Waals surface area contributed by atoms with Gasteiger partial charge in [0.05, 0.1) is 5.56 Å². The Kier molecular flexibility index (Phi) is 12.6. The van der Waals surface area contributed by atoms with Gasteiger partial charge >= 0.3 is 5.97 Å². The molecule has 2 nitrogen and oxygen atoms in total. The van der Waals surface area contributed by atoms with Gasteiger partial charge in [-0.3, -0.25) is 0 Å². The fraction of sp³-hybridized carbons (Fsp3) is 0.424. The zero-order chi connectivity index (χ0) is 25.4. The molecule has 3 rings (SSSR count). The Hall–Kier alpha value is -2.58.